The van der Waals surface area contributed by atoms with Crippen molar-refractivity contribution in [2.75, 3.05) is 0 Å². The number of hydrogen-bond donors (Lipinski definition) is 1. The zero-order valence-electron chi connectivity index (χ0n) is 11.0. The van der Waals surface area contributed by atoms with Crippen molar-refractivity contribution in [3.8, 4) is 0 Å². The summed E-state index contributed by atoms with van der Waals surface area (Å²) in [7, 11) is 0. The number of thiophene rings is 1. The van der Waals surface area contributed by atoms with Crippen molar-refractivity contribution < 1.29 is 0 Å². The molecule has 2 aromatic rings. The lowest BCUT2D eigenvalue weighted by atomic mass is 9.89. The molecule has 0 aromatic carbocycles. The number of aryl methyl sites for hydroxylation is 1. The molecule has 1 aliphatic rings. The fourth-order valence-corrected chi connectivity index (χ4v) is 4.43. The molecule has 0 aliphatic heterocycles. The molecule has 2 aromatic heterocycles. The standard InChI is InChI=1S/C14H18N2S2/c1-7(2)12-15-13(17)11-9-5-4-8(3)6-10(9)18-14(11)16-12/h7-8H,4-6H2,1-3H3,(H,15,16,17)/t8-/m1/s1. The predicted molar refractivity (Wildman–Crippen MR) is 80.1 cm³/mol. The van der Waals surface area contributed by atoms with Gasteiger partial charge in [-0.1, -0.05) is 33.0 Å². The lowest BCUT2D eigenvalue weighted by molar-refractivity contribution is 0.509. The first kappa shape index (κ1) is 12.3. The zero-order valence-corrected chi connectivity index (χ0v) is 12.7. The molecule has 0 spiro atoms. The van der Waals surface area contributed by atoms with Crippen LogP contribution in [0.5, 0.6) is 0 Å². The molecule has 96 valence electrons. The van der Waals surface area contributed by atoms with Gasteiger partial charge in [-0.2, -0.15) is 0 Å². The first-order valence-electron chi connectivity index (χ1n) is 6.60. The van der Waals surface area contributed by atoms with Gasteiger partial charge in [0.15, 0.2) is 0 Å². The number of rotatable bonds is 1. The minimum Gasteiger partial charge on any atom is -0.334 e. The van der Waals surface area contributed by atoms with Gasteiger partial charge in [0.2, 0.25) is 0 Å². The normalized spacial score (nSPS) is 19.4. The highest BCUT2D eigenvalue weighted by atomic mass is 32.1. The Labute approximate surface area is 116 Å². The number of nitrogens with one attached hydrogen (secondary N) is 1. The van der Waals surface area contributed by atoms with Crippen molar-refractivity contribution in [2.24, 2.45) is 5.92 Å². The summed E-state index contributed by atoms with van der Waals surface area (Å²) in [4.78, 5) is 10.7. The molecule has 1 aliphatic carbocycles. The van der Waals surface area contributed by atoms with E-state index in [0.29, 0.717) is 5.92 Å². The Morgan fingerprint density at radius 2 is 2.22 bits per heavy atom. The summed E-state index contributed by atoms with van der Waals surface area (Å²) in [5, 5.41) is 1.22. The number of fused-ring (bicyclic) bond motifs is 3. The third-order valence-corrected chi connectivity index (χ3v) is 5.19. The van der Waals surface area contributed by atoms with E-state index < -0.39 is 0 Å². The fourth-order valence-electron chi connectivity index (χ4n) is 2.64. The van der Waals surface area contributed by atoms with Crippen LogP contribution in [0, 0.1) is 10.6 Å². The minimum atomic E-state index is 0.397. The van der Waals surface area contributed by atoms with Crippen molar-refractivity contribution in [3.05, 3.63) is 20.9 Å². The number of hydrogen-bond acceptors (Lipinski definition) is 3. The second-order valence-electron chi connectivity index (χ2n) is 5.64. The van der Waals surface area contributed by atoms with E-state index in [0.717, 1.165) is 27.6 Å². The van der Waals surface area contributed by atoms with Crippen molar-refractivity contribution in [1.82, 2.24) is 9.97 Å². The van der Waals surface area contributed by atoms with Crippen LogP contribution in [0.25, 0.3) is 10.2 Å². The topological polar surface area (TPSA) is 28.7 Å². The summed E-state index contributed by atoms with van der Waals surface area (Å²) in [5.74, 6) is 2.21. The number of aromatic nitrogens is 2. The summed E-state index contributed by atoms with van der Waals surface area (Å²) in [5.41, 5.74) is 1.47. The smallest absolute Gasteiger partial charge is 0.128 e. The van der Waals surface area contributed by atoms with Crippen molar-refractivity contribution in [2.45, 2.75) is 46.0 Å². The van der Waals surface area contributed by atoms with Crippen LogP contribution in [-0.2, 0) is 12.8 Å². The average molecular weight is 278 g/mol. The van der Waals surface area contributed by atoms with Gasteiger partial charge in [-0.15, -0.1) is 11.3 Å². The molecule has 0 bridgehead atoms. The van der Waals surface area contributed by atoms with E-state index in [4.69, 9.17) is 17.2 Å². The van der Waals surface area contributed by atoms with Crippen LogP contribution in [0.3, 0.4) is 0 Å². The molecule has 4 heteroatoms. The average Bonchev–Trinajstić information content (AvgIpc) is 2.66. The fraction of sp³-hybridized carbons (Fsp3) is 0.571. The molecule has 0 radical (unpaired) electrons. The summed E-state index contributed by atoms with van der Waals surface area (Å²) in [6, 6.07) is 0. The third-order valence-electron chi connectivity index (χ3n) is 3.73. The molecule has 0 unspecified atom stereocenters. The second kappa shape index (κ2) is 4.42. The van der Waals surface area contributed by atoms with Crippen LogP contribution in [-0.4, -0.2) is 9.97 Å². The Bertz CT molecular complexity index is 652. The molecule has 2 nitrogen and oxygen atoms in total. The first-order valence-corrected chi connectivity index (χ1v) is 7.83. The van der Waals surface area contributed by atoms with Crippen molar-refractivity contribution >= 4 is 33.8 Å². The highest BCUT2D eigenvalue weighted by Crippen LogP contribution is 2.37. The van der Waals surface area contributed by atoms with Crippen LogP contribution in [0.2, 0.25) is 0 Å². The van der Waals surface area contributed by atoms with E-state index in [1.807, 2.05) is 11.3 Å². The Morgan fingerprint density at radius 1 is 1.44 bits per heavy atom. The molecule has 3 rings (SSSR count). The van der Waals surface area contributed by atoms with Crippen LogP contribution in [0.1, 0.15) is 49.4 Å². The Balaban J connectivity index is 2.25. The van der Waals surface area contributed by atoms with Gasteiger partial charge < -0.3 is 4.98 Å². The molecule has 18 heavy (non-hydrogen) atoms. The molecule has 0 saturated carbocycles. The maximum Gasteiger partial charge on any atom is 0.128 e. The SMILES string of the molecule is CC(C)c1nc2sc3c(c2c(=S)[nH]1)CC[C@@H](C)C3. The van der Waals surface area contributed by atoms with Gasteiger partial charge in [-0.25, -0.2) is 4.98 Å². The van der Waals surface area contributed by atoms with Crippen LogP contribution >= 0.6 is 23.6 Å². The lowest BCUT2D eigenvalue weighted by Crippen LogP contribution is -2.08. The van der Waals surface area contributed by atoms with E-state index in [1.54, 1.807) is 0 Å². The number of nitrogens with zero attached hydrogens (tertiary/aromatic N) is 1. The second-order valence-corrected chi connectivity index (χ2v) is 7.13. The summed E-state index contributed by atoms with van der Waals surface area (Å²) in [6.45, 7) is 6.63. The Morgan fingerprint density at radius 3 is 2.94 bits per heavy atom. The van der Waals surface area contributed by atoms with Gasteiger partial charge in [0.25, 0.3) is 0 Å². The number of aromatic amines is 1. The van der Waals surface area contributed by atoms with Crippen LogP contribution < -0.4 is 0 Å². The highest BCUT2D eigenvalue weighted by molar-refractivity contribution is 7.71. The van der Waals surface area contributed by atoms with Gasteiger partial charge >= 0.3 is 0 Å². The molecular weight excluding hydrogens is 260 g/mol. The van der Waals surface area contributed by atoms with E-state index >= 15 is 0 Å². The van der Waals surface area contributed by atoms with E-state index in [2.05, 4.69) is 25.8 Å². The first-order chi connectivity index (χ1) is 8.56. The highest BCUT2D eigenvalue weighted by Gasteiger charge is 2.22. The maximum atomic E-state index is 5.54. The molecule has 0 amide bonds. The molecule has 1 atom stereocenters. The van der Waals surface area contributed by atoms with Crippen molar-refractivity contribution in [1.29, 1.82) is 0 Å². The Hall–Kier alpha value is -0.740. The molecule has 1 N–H and O–H groups in total. The predicted octanol–water partition coefficient (Wildman–Crippen LogP) is 4.60. The summed E-state index contributed by atoms with van der Waals surface area (Å²) < 4.78 is 0.885. The van der Waals surface area contributed by atoms with E-state index in [-0.39, 0.29) is 0 Å². The third kappa shape index (κ3) is 1.91. The summed E-state index contributed by atoms with van der Waals surface area (Å²) in [6.07, 6.45) is 3.64. The van der Waals surface area contributed by atoms with E-state index in [1.165, 1.54) is 28.7 Å². The minimum absolute atomic E-state index is 0.397. The lowest BCUT2D eigenvalue weighted by Gasteiger charge is -2.17. The monoisotopic (exact) mass is 278 g/mol. The largest absolute Gasteiger partial charge is 0.334 e. The van der Waals surface area contributed by atoms with E-state index in [9.17, 15) is 0 Å². The molecular formula is C14H18N2S2. The quantitative estimate of drug-likeness (QED) is 0.772. The van der Waals surface area contributed by atoms with Gasteiger partial charge in [0.1, 0.15) is 15.3 Å². The van der Waals surface area contributed by atoms with Gasteiger partial charge in [0, 0.05) is 16.2 Å². The molecule has 0 saturated heterocycles. The maximum absolute atomic E-state index is 5.54. The van der Waals surface area contributed by atoms with Gasteiger partial charge in [-0.05, 0) is 30.7 Å². The van der Waals surface area contributed by atoms with Gasteiger partial charge in [0.05, 0.1) is 0 Å². The van der Waals surface area contributed by atoms with Crippen molar-refractivity contribution in [3.63, 3.8) is 0 Å². The van der Waals surface area contributed by atoms with Gasteiger partial charge in [-0.3, -0.25) is 0 Å². The molecule has 2 heterocycles. The summed E-state index contributed by atoms with van der Waals surface area (Å²) >= 11 is 7.39. The molecule has 0 fully saturated rings. The Kier molecular flexibility index (Phi) is 3.02. The zero-order chi connectivity index (χ0) is 12.9. The number of H-pyrrole nitrogens is 1. The van der Waals surface area contributed by atoms with Crippen LogP contribution in [0.4, 0.5) is 0 Å². The van der Waals surface area contributed by atoms with Crippen LogP contribution in [0.15, 0.2) is 0 Å².